The summed E-state index contributed by atoms with van der Waals surface area (Å²) in [4.78, 5) is 2.66. The van der Waals surface area contributed by atoms with Gasteiger partial charge < -0.3 is 5.53 Å². The van der Waals surface area contributed by atoms with Crippen molar-refractivity contribution < 1.29 is 17.8 Å². The number of hydrogen-bond donors (Lipinski definition) is 1. The van der Waals surface area contributed by atoms with Gasteiger partial charge in [-0.05, 0) is 6.08 Å². The van der Waals surface area contributed by atoms with Gasteiger partial charge in [0.1, 0.15) is 0 Å². The molecule has 1 aliphatic carbocycles. The Hall–Kier alpha value is -1.23. The summed E-state index contributed by atoms with van der Waals surface area (Å²) < 4.78 is 29.7. The van der Waals surface area contributed by atoms with Gasteiger partial charge in [0.15, 0.2) is 0 Å². The molecular formula is C6H6N2O3S. The van der Waals surface area contributed by atoms with E-state index in [1.54, 1.807) is 0 Å². The lowest BCUT2D eigenvalue weighted by Crippen LogP contribution is -2.09. The summed E-state index contributed by atoms with van der Waals surface area (Å²) in [5, 5.41) is 0. The van der Waals surface area contributed by atoms with Gasteiger partial charge in [-0.1, -0.05) is 6.08 Å². The summed E-state index contributed by atoms with van der Waals surface area (Å²) in [7, 11) is -4.15. The molecule has 0 aliphatic heterocycles. The molecule has 0 amide bonds. The molecular weight excluding hydrogens is 180 g/mol. The van der Waals surface area contributed by atoms with E-state index >= 15 is 0 Å². The van der Waals surface area contributed by atoms with Gasteiger partial charge in [0, 0.05) is 6.08 Å². The molecule has 0 aromatic heterocycles. The molecule has 6 heteroatoms. The van der Waals surface area contributed by atoms with Crippen molar-refractivity contribution in [3.05, 3.63) is 28.7 Å². The molecule has 0 saturated carbocycles. The average molecular weight is 186 g/mol. The minimum atomic E-state index is -4.15. The zero-order valence-corrected chi connectivity index (χ0v) is 6.82. The van der Waals surface area contributed by atoms with Crippen LogP contribution >= 0.6 is 0 Å². The van der Waals surface area contributed by atoms with E-state index < -0.39 is 10.1 Å². The first-order chi connectivity index (χ1) is 5.54. The first kappa shape index (κ1) is 8.86. The van der Waals surface area contributed by atoms with Crippen molar-refractivity contribution in [1.29, 1.82) is 0 Å². The molecule has 0 radical (unpaired) electrons. The zero-order chi connectivity index (χ0) is 9.19. The van der Waals surface area contributed by atoms with Crippen LogP contribution in [0.3, 0.4) is 0 Å². The lowest BCUT2D eigenvalue weighted by Gasteiger charge is -2.00. The maximum atomic E-state index is 10.6. The number of nitrogens with zero attached hydrogens (tertiary/aromatic N) is 2. The van der Waals surface area contributed by atoms with Gasteiger partial charge in [0.2, 0.25) is 0 Å². The first-order valence-corrected chi connectivity index (χ1v) is 4.53. The summed E-state index contributed by atoms with van der Waals surface area (Å²) >= 11 is 0. The van der Waals surface area contributed by atoms with Crippen LogP contribution in [0.5, 0.6) is 0 Å². The smallest absolute Gasteiger partial charge is 0.297 e. The van der Waals surface area contributed by atoms with Crippen LogP contribution in [0, 0.1) is 0 Å². The first-order valence-electron chi connectivity index (χ1n) is 3.09. The van der Waals surface area contributed by atoms with Crippen molar-refractivity contribution in [3.63, 3.8) is 0 Å². The number of rotatable bonds is 1. The van der Waals surface area contributed by atoms with E-state index in [9.17, 15) is 8.42 Å². The highest BCUT2D eigenvalue weighted by Crippen LogP contribution is 2.13. The fourth-order valence-electron chi connectivity index (χ4n) is 0.809. The van der Waals surface area contributed by atoms with Crippen molar-refractivity contribution >= 4 is 15.8 Å². The van der Waals surface area contributed by atoms with E-state index in [4.69, 9.17) is 10.1 Å². The van der Waals surface area contributed by atoms with Crippen molar-refractivity contribution in [2.24, 2.45) is 0 Å². The topological polar surface area (TPSA) is 90.8 Å². The number of allylic oxidation sites excluding steroid dienone is 4. The molecule has 0 aromatic carbocycles. The molecule has 0 heterocycles. The van der Waals surface area contributed by atoms with Crippen LogP contribution in [0.1, 0.15) is 6.42 Å². The fourth-order valence-corrected chi connectivity index (χ4v) is 1.39. The summed E-state index contributed by atoms with van der Waals surface area (Å²) in [5.41, 5.74) is 8.51. The van der Waals surface area contributed by atoms with Gasteiger partial charge in [-0.15, -0.1) is 0 Å². The molecule has 0 spiro atoms. The van der Waals surface area contributed by atoms with E-state index in [0.717, 1.165) is 0 Å². The van der Waals surface area contributed by atoms with Crippen LogP contribution < -0.4 is 0 Å². The minimum absolute atomic E-state index is 0.0775. The lowest BCUT2D eigenvalue weighted by molar-refractivity contribution is -0.00549. The van der Waals surface area contributed by atoms with Gasteiger partial charge in [0.05, 0.1) is 11.3 Å². The third kappa shape index (κ3) is 1.88. The Bertz CT molecular complexity index is 399. The molecule has 0 fully saturated rings. The van der Waals surface area contributed by atoms with Gasteiger partial charge in [-0.3, -0.25) is 4.55 Å². The second-order valence-corrected chi connectivity index (χ2v) is 3.71. The maximum Gasteiger partial charge on any atom is 0.297 e. The predicted octanol–water partition coefficient (Wildman–Crippen LogP) is 0.389. The summed E-state index contributed by atoms with van der Waals surface area (Å²) in [6.45, 7) is 0. The van der Waals surface area contributed by atoms with Crippen LogP contribution in [0.25, 0.3) is 5.53 Å². The Morgan fingerprint density at radius 1 is 1.58 bits per heavy atom. The third-order valence-electron chi connectivity index (χ3n) is 1.39. The molecule has 0 atom stereocenters. The molecule has 0 unspecified atom stereocenters. The van der Waals surface area contributed by atoms with Crippen LogP contribution in [0.4, 0.5) is 0 Å². The minimum Gasteiger partial charge on any atom is -0.361 e. The van der Waals surface area contributed by atoms with Crippen molar-refractivity contribution in [3.8, 4) is 0 Å². The van der Waals surface area contributed by atoms with Crippen LogP contribution in [-0.4, -0.2) is 23.5 Å². The van der Waals surface area contributed by atoms with Gasteiger partial charge in [-0.2, -0.15) is 13.2 Å². The Kier molecular flexibility index (Phi) is 2.23. The molecule has 1 N–H and O–H groups in total. The SMILES string of the molecule is [N-]=[N+]=C1C=CC=C(S(=O)(=O)O)C1. The summed E-state index contributed by atoms with van der Waals surface area (Å²) in [6, 6.07) is 0. The maximum absolute atomic E-state index is 10.6. The van der Waals surface area contributed by atoms with Crippen molar-refractivity contribution in [1.82, 2.24) is 0 Å². The normalized spacial score (nSPS) is 17.1. The largest absolute Gasteiger partial charge is 0.361 e. The Balaban J connectivity index is 3.07. The second-order valence-electron chi connectivity index (χ2n) is 2.24. The van der Waals surface area contributed by atoms with Crippen LogP contribution in [-0.2, 0) is 10.1 Å². The van der Waals surface area contributed by atoms with E-state index in [2.05, 4.69) is 4.79 Å². The number of hydrogen-bond acceptors (Lipinski definition) is 2. The Morgan fingerprint density at radius 2 is 2.25 bits per heavy atom. The van der Waals surface area contributed by atoms with Gasteiger partial charge >= 0.3 is 0 Å². The molecule has 0 aromatic rings. The monoisotopic (exact) mass is 186 g/mol. The van der Waals surface area contributed by atoms with Crippen molar-refractivity contribution in [2.75, 3.05) is 0 Å². The van der Waals surface area contributed by atoms with E-state index in [1.807, 2.05) is 0 Å². The standard InChI is InChI=1S/C6H6N2O3S/c7-8-5-2-1-3-6(4-5)12(9,10)11/h1-3H,4H2,(H,9,10,11). The molecule has 5 nitrogen and oxygen atoms in total. The van der Waals surface area contributed by atoms with Gasteiger partial charge in [0.25, 0.3) is 15.8 Å². The summed E-state index contributed by atoms with van der Waals surface area (Å²) in [5.74, 6) is 0. The fraction of sp³-hybridized carbons (Fsp3) is 0.167. The zero-order valence-electron chi connectivity index (χ0n) is 6.01. The molecule has 0 bridgehead atoms. The molecule has 12 heavy (non-hydrogen) atoms. The third-order valence-corrected chi connectivity index (χ3v) is 2.33. The van der Waals surface area contributed by atoms with E-state index in [0.29, 0.717) is 0 Å². The van der Waals surface area contributed by atoms with E-state index in [-0.39, 0.29) is 17.0 Å². The highest BCUT2D eigenvalue weighted by molar-refractivity contribution is 7.89. The van der Waals surface area contributed by atoms with Gasteiger partial charge in [-0.25, -0.2) is 0 Å². The van der Waals surface area contributed by atoms with E-state index in [1.165, 1.54) is 18.2 Å². The molecule has 1 aliphatic rings. The molecule has 64 valence electrons. The molecule has 0 saturated heterocycles. The van der Waals surface area contributed by atoms with Crippen molar-refractivity contribution in [2.45, 2.75) is 6.42 Å². The Morgan fingerprint density at radius 3 is 2.75 bits per heavy atom. The predicted molar refractivity (Wildman–Crippen MR) is 42.0 cm³/mol. The second kappa shape index (κ2) is 3.02. The Labute approximate surface area is 69.4 Å². The highest BCUT2D eigenvalue weighted by atomic mass is 32.2. The van der Waals surface area contributed by atoms with Crippen LogP contribution in [0.2, 0.25) is 0 Å². The highest BCUT2D eigenvalue weighted by Gasteiger charge is 2.20. The van der Waals surface area contributed by atoms with Crippen LogP contribution in [0.15, 0.2) is 23.1 Å². The summed E-state index contributed by atoms with van der Waals surface area (Å²) in [6.07, 6.45) is 4.02. The quantitative estimate of drug-likeness (QED) is 0.364. The lowest BCUT2D eigenvalue weighted by atomic mass is 10.1. The average Bonchev–Trinajstić information content (AvgIpc) is 2.03. The molecule has 1 rings (SSSR count).